The lowest BCUT2D eigenvalue weighted by atomic mass is 10.0. The molecule has 1 aliphatic heterocycles. The predicted molar refractivity (Wildman–Crippen MR) is 89.4 cm³/mol. The second-order valence-corrected chi connectivity index (χ2v) is 6.32. The Balaban J connectivity index is 1.61. The number of H-pyrrole nitrogens is 1. The predicted octanol–water partition coefficient (Wildman–Crippen LogP) is 2.91. The van der Waals surface area contributed by atoms with E-state index in [1.54, 1.807) is 6.20 Å². The number of carbonyl (C=O) groups excluding carboxylic acids is 1. The number of amides is 1. The zero-order valence-electron chi connectivity index (χ0n) is 12.8. The third kappa shape index (κ3) is 2.41. The number of imidazole rings is 1. The molecule has 4 rings (SSSR count). The Morgan fingerprint density at radius 1 is 1.43 bits per heavy atom. The van der Waals surface area contributed by atoms with Gasteiger partial charge in [-0.05, 0) is 13.0 Å². The van der Waals surface area contributed by atoms with Gasteiger partial charge in [-0.15, -0.1) is 0 Å². The molecule has 0 unspecified atom stereocenters. The number of fused-ring (bicyclic) bond motifs is 3. The van der Waals surface area contributed by atoms with Gasteiger partial charge in [0.2, 0.25) is 5.91 Å². The van der Waals surface area contributed by atoms with E-state index in [-0.39, 0.29) is 5.91 Å². The average Bonchev–Trinajstić information content (AvgIpc) is 3.12. The van der Waals surface area contributed by atoms with Crippen LogP contribution in [0, 0.1) is 6.92 Å². The fourth-order valence-electron chi connectivity index (χ4n) is 3.23. The highest BCUT2D eigenvalue weighted by molar-refractivity contribution is 6.35. The molecule has 0 radical (unpaired) electrons. The molecule has 2 aromatic heterocycles. The van der Waals surface area contributed by atoms with Crippen LogP contribution in [0.5, 0.6) is 0 Å². The second kappa shape index (κ2) is 5.42. The van der Waals surface area contributed by atoms with E-state index in [2.05, 4.69) is 16.0 Å². The summed E-state index contributed by atoms with van der Waals surface area (Å²) in [5, 5.41) is 1.84. The lowest BCUT2D eigenvalue weighted by Crippen LogP contribution is -2.37. The second-order valence-electron chi connectivity index (χ2n) is 5.91. The van der Waals surface area contributed by atoms with E-state index in [1.165, 1.54) is 11.3 Å². The molecule has 0 fully saturated rings. The minimum atomic E-state index is 0.119. The molecule has 1 aromatic carbocycles. The number of hydrogen-bond donors (Lipinski definition) is 1. The Labute approximate surface area is 138 Å². The Morgan fingerprint density at radius 3 is 3.09 bits per heavy atom. The maximum atomic E-state index is 12.6. The number of aromatic nitrogens is 3. The molecule has 6 heteroatoms. The lowest BCUT2D eigenvalue weighted by Gasteiger charge is -2.27. The smallest absolute Gasteiger partial charge is 0.242 e. The first-order valence-electron chi connectivity index (χ1n) is 7.67. The zero-order chi connectivity index (χ0) is 16.0. The molecule has 118 valence electrons. The maximum Gasteiger partial charge on any atom is 0.242 e. The SMILES string of the molecule is Cc1nccn1CC(=O)N1CCc2[nH]c3c(Cl)cccc3c2C1. The number of nitrogens with one attached hydrogen (secondary N) is 1. The molecule has 0 bridgehead atoms. The number of para-hydroxylation sites is 1. The summed E-state index contributed by atoms with van der Waals surface area (Å²) < 4.78 is 1.88. The molecule has 1 aliphatic rings. The van der Waals surface area contributed by atoms with Crippen LogP contribution in [-0.4, -0.2) is 31.9 Å². The quantitative estimate of drug-likeness (QED) is 0.786. The van der Waals surface area contributed by atoms with E-state index in [1.807, 2.05) is 34.7 Å². The van der Waals surface area contributed by atoms with Crippen LogP contribution in [0.1, 0.15) is 17.1 Å². The largest absolute Gasteiger partial charge is 0.357 e. The van der Waals surface area contributed by atoms with Crippen LogP contribution in [0.3, 0.4) is 0 Å². The minimum Gasteiger partial charge on any atom is -0.357 e. The van der Waals surface area contributed by atoms with E-state index in [9.17, 15) is 4.79 Å². The van der Waals surface area contributed by atoms with Crippen LogP contribution in [0.4, 0.5) is 0 Å². The Kier molecular flexibility index (Phi) is 3.38. The number of rotatable bonds is 2. The number of carbonyl (C=O) groups is 1. The summed E-state index contributed by atoms with van der Waals surface area (Å²) in [4.78, 5) is 22.1. The van der Waals surface area contributed by atoms with Gasteiger partial charge in [-0.2, -0.15) is 0 Å². The molecule has 0 saturated heterocycles. The van der Waals surface area contributed by atoms with Crippen molar-refractivity contribution in [2.75, 3.05) is 6.54 Å². The summed E-state index contributed by atoms with van der Waals surface area (Å²) in [6, 6.07) is 5.90. The molecule has 0 atom stereocenters. The lowest BCUT2D eigenvalue weighted by molar-refractivity contribution is -0.132. The van der Waals surface area contributed by atoms with E-state index in [0.717, 1.165) is 34.7 Å². The van der Waals surface area contributed by atoms with Crippen LogP contribution < -0.4 is 0 Å². The van der Waals surface area contributed by atoms with Gasteiger partial charge in [0.05, 0.1) is 10.5 Å². The van der Waals surface area contributed by atoms with Crippen LogP contribution in [0.25, 0.3) is 10.9 Å². The highest BCUT2D eigenvalue weighted by Gasteiger charge is 2.24. The number of aryl methyl sites for hydroxylation is 1. The number of benzene rings is 1. The molecule has 0 spiro atoms. The van der Waals surface area contributed by atoms with E-state index in [4.69, 9.17) is 11.6 Å². The first-order chi connectivity index (χ1) is 11.1. The normalized spacial score (nSPS) is 14.3. The standard InChI is InChI=1S/C17H17ClN4O/c1-11-19-6-8-21(11)10-16(23)22-7-5-15-13(9-22)12-3-2-4-14(18)17(12)20-15/h2-4,6,8,20H,5,7,9-10H2,1H3. The van der Waals surface area contributed by atoms with Crippen molar-refractivity contribution < 1.29 is 4.79 Å². The minimum absolute atomic E-state index is 0.119. The van der Waals surface area contributed by atoms with Crippen molar-refractivity contribution in [3.8, 4) is 0 Å². The Morgan fingerprint density at radius 2 is 2.30 bits per heavy atom. The van der Waals surface area contributed by atoms with Gasteiger partial charge in [0.15, 0.2) is 0 Å². The summed E-state index contributed by atoms with van der Waals surface area (Å²) in [5.74, 6) is 0.975. The van der Waals surface area contributed by atoms with Crippen molar-refractivity contribution in [3.05, 3.63) is 52.7 Å². The summed E-state index contributed by atoms with van der Waals surface area (Å²) >= 11 is 6.27. The maximum absolute atomic E-state index is 12.6. The van der Waals surface area contributed by atoms with Crippen LogP contribution in [0.15, 0.2) is 30.6 Å². The molecule has 3 heterocycles. The Bertz CT molecular complexity index is 895. The van der Waals surface area contributed by atoms with Gasteiger partial charge in [-0.1, -0.05) is 23.7 Å². The summed E-state index contributed by atoms with van der Waals surface area (Å²) in [7, 11) is 0. The third-order valence-corrected chi connectivity index (χ3v) is 4.86. The fourth-order valence-corrected chi connectivity index (χ4v) is 3.45. The average molecular weight is 329 g/mol. The van der Waals surface area contributed by atoms with Gasteiger partial charge < -0.3 is 14.5 Å². The Hall–Kier alpha value is -2.27. The van der Waals surface area contributed by atoms with Crippen molar-refractivity contribution >= 4 is 28.4 Å². The first-order valence-corrected chi connectivity index (χ1v) is 8.04. The van der Waals surface area contributed by atoms with E-state index in [0.29, 0.717) is 13.1 Å². The zero-order valence-corrected chi connectivity index (χ0v) is 13.6. The molecular weight excluding hydrogens is 312 g/mol. The molecule has 3 aromatic rings. The fraction of sp³-hybridized carbons (Fsp3) is 0.294. The van der Waals surface area contributed by atoms with Crippen molar-refractivity contribution in [2.45, 2.75) is 26.4 Å². The number of nitrogens with zero attached hydrogens (tertiary/aromatic N) is 3. The van der Waals surface area contributed by atoms with Crippen LogP contribution in [0.2, 0.25) is 5.02 Å². The summed E-state index contributed by atoms with van der Waals surface area (Å²) in [6.07, 6.45) is 4.39. The molecule has 23 heavy (non-hydrogen) atoms. The molecule has 0 saturated carbocycles. The van der Waals surface area contributed by atoms with Gasteiger partial charge >= 0.3 is 0 Å². The highest BCUT2D eigenvalue weighted by atomic mass is 35.5. The van der Waals surface area contributed by atoms with Crippen LogP contribution >= 0.6 is 11.6 Å². The van der Waals surface area contributed by atoms with Crippen molar-refractivity contribution in [1.29, 1.82) is 0 Å². The molecular formula is C17H17ClN4O. The molecule has 1 N–H and O–H groups in total. The molecule has 5 nitrogen and oxygen atoms in total. The van der Waals surface area contributed by atoms with Gasteiger partial charge in [0, 0.05) is 48.5 Å². The van der Waals surface area contributed by atoms with Crippen LogP contribution in [-0.2, 0) is 24.3 Å². The van der Waals surface area contributed by atoms with Crippen molar-refractivity contribution in [3.63, 3.8) is 0 Å². The van der Waals surface area contributed by atoms with Gasteiger partial charge in [-0.3, -0.25) is 4.79 Å². The van der Waals surface area contributed by atoms with Crippen molar-refractivity contribution in [2.24, 2.45) is 0 Å². The van der Waals surface area contributed by atoms with Gasteiger partial charge in [0.1, 0.15) is 12.4 Å². The number of hydrogen-bond acceptors (Lipinski definition) is 2. The highest BCUT2D eigenvalue weighted by Crippen LogP contribution is 2.31. The molecule has 1 amide bonds. The van der Waals surface area contributed by atoms with E-state index >= 15 is 0 Å². The van der Waals surface area contributed by atoms with E-state index < -0.39 is 0 Å². The first kappa shape index (κ1) is 14.3. The molecule has 0 aliphatic carbocycles. The van der Waals surface area contributed by atoms with Gasteiger partial charge in [-0.25, -0.2) is 4.98 Å². The number of aromatic amines is 1. The van der Waals surface area contributed by atoms with Crippen molar-refractivity contribution in [1.82, 2.24) is 19.4 Å². The number of halogens is 1. The monoisotopic (exact) mass is 328 g/mol. The third-order valence-electron chi connectivity index (χ3n) is 4.54. The topological polar surface area (TPSA) is 53.9 Å². The summed E-state index contributed by atoms with van der Waals surface area (Å²) in [6.45, 7) is 3.60. The summed E-state index contributed by atoms with van der Waals surface area (Å²) in [5.41, 5.74) is 3.35. The van der Waals surface area contributed by atoms with Gasteiger partial charge in [0.25, 0.3) is 0 Å².